The Morgan fingerprint density at radius 1 is 1.40 bits per heavy atom. The quantitative estimate of drug-likeness (QED) is 0.694. The fourth-order valence-corrected chi connectivity index (χ4v) is 4.06. The van der Waals surface area contributed by atoms with E-state index in [1.807, 2.05) is 19.2 Å². The van der Waals surface area contributed by atoms with Gasteiger partial charge in [0.05, 0.1) is 11.6 Å². The van der Waals surface area contributed by atoms with Crippen LogP contribution in [0.1, 0.15) is 51.1 Å². The van der Waals surface area contributed by atoms with Crippen molar-refractivity contribution in [3.05, 3.63) is 11.1 Å². The molecule has 1 aliphatic heterocycles. The predicted molar refractivity (Wildman–Crippen MR) is 93.3 cm³/mol. The molecule has 0 spiro atoms. The lowest BCUT2D eigenvalue weighted by Gasteiger charge is -2.07. The maximum atomic E-state index is 12.1. The van der Waals surface area contributed by atoms with Crippen LogP contribution in [0.2, 0.25) is 0 Å². The third-order valence-corrected chi connectivity index (χ3v) is 5.76. The SMILES string of the molecule is C#CCCC1(CCC(=O)Nc2nc([C@H]3[C@@H](C(=O)O)C3(C)C)cs2)N=N1. The van der Waals surface area contributed by atoms with Crippen molar-refractivity contribution >= 4 is 28.3 Å². The van der Waals surface area contributed by atoms with Gasteiger partial charge in [0.2, 0.25) is 5.91 Å². The van der Waals surface area contributed by atoms with Crippen molar-refractivity contribution < 1.29 is 14.7 Å². The Labute approximate surface area is 150 Å². The van der Waals surface area contributed by atoms with E-state index in [0.29, 0.717) is 30.8 Å². The number of terminal acetylenes is 1. The van der Waals surface area contributed by atoms with Crippen LogP contribution in [-0.4, -0.2) is 27.6 Å². The van der Waals surface area contributed by atoms with Gasteiger partial charge in [-0.15, -0.1) is 23.7 Å². The van der Waals surface area contributed by atoms with E-state index in [4.69, 9.17) is 6.42 Å². The van der Waals surface area contributed by atoms with E-state index < -0.39 is 17.6 Å². The highest BCUT2D eigenvalue weighted by Gasteiger charge is 2.63. The first-order valence-corrected chi connectivity index (χ1v) is 9.03. The summed E-state index contributed by atoms with van der Waals surface area (Å²) in [6, 6.07) is 0. The highest BCUT2D eigenvalue weighted by atomic mass is 32.1. The van der Waals surface area contributed by atoms with Crippen molar-refractivity contribution in [2.24, 2.45) is 21.6 Å². The molecule has 0 bridgehead atoms. The van der Waals surface area contributed by atoms with Gasteiger partial charge in [0.25, 0.3) is 0 Å². The molecule has 1 aromatic rings. The van der Waals surface area contributed by atoms with E-state index in [-0.39, 0.29) is 17.2 Å². The fourth-order valence-electron chi connectivity index (χ4n) is 3.30. The molecule has 1 amide bonds. The number of hydrogen-bond donors (Lipinski definition) is 2. The van der Waals surface area contributed by atoms with Crippen LogP contribution in [0.5, 0.6) is 0 Å². The Balaban J connectivity index is 1.51. The summed E-state index contributed by atoms with van der Waals surface area (Å²) in [6.45, 7) is 3.85. The molecule has 0 saturated heterocycles. The second-order valence-corrected chi connectivity index (χ2v) is 7.99. The molecule has 1 aliphatic carbocycles. The average Bonchev–Trinajstić information content (AvgIpc) is 3.37. The normalized spacial score (nSPS) is 24.4. The van der Waals surface area contributed by atoms with Crippen LogP contribution in [0.25, 0.3) is 0 Å². The molecule has 132 valence electrons. The van der Waals surface area contributed by atoms with E-state index in [9.17, 15) is 14.7 Å². The van der Waals surface area contributed by atoms with Crippen molar-refractivity contribution in [1.29, 1.82) is 0 Å². The molecule has 2 N–H and O–H groups in total. The molecule has 2 aliphatic rings. The molecule has 0 radical (unpaired) electrons. The number of carbonyl (C=O) groups excluding carboxylic acids is 1. The Kier molecular flexibility index (Phi) is 4.37. The monoisotopic (exact) mass is 360 g/mol. The van der Waals surface area contributed by atoms with Crippen LogP contribution in [-0.2, 0) is 9.59 Å². The molecule has 1 saturated carbocycles. The van der Waals surface area contributed by atoms with Gasteiger partial charge < -0.3 is 10.4 Å². The third kappa shape index (κ3) is 3.56. The van der Waals surface area contributed by atoms with E-state index in [1.165, 1.54) is 11.3 Å². The first-order valence-electron chi connectivity index (χ1n) is 8.15. The number of aromatic nitrogens is 1. The third-order valence-electron chi connectivity index (χ3n) is 4.99. The number of aliphatic carboxylic acids is 1. The van der Waals surface area contributed by atoms with Crippen molar-refractivity contribution in [3.8, 4) is 12.3 Å². The lowest BCUT2D eigenvalue weighted by atomic mass is 10.0. The first-order chi connectivity index (χ1) is 11.8. The summed E-state index contributed by atoms with van der Waals surface area (Å²) in [5, 5.41) is 22.4. The van der Waals surface area contributed by atoms with Crippen molar-refractivity contribution in [2.45, 2.75) is 51.1 Å². The number of rotatable bonds is 8. The van der Waals surface area contributed by atoms with E-state index in [0.717, 1.165) is 5.69 Å². The van der Waals surface area contributed by atoms with Gasteiger partial charge in [-0.2, -0.15) is 10.2 Å². The maximum absolute atomic E-state index is 12.1. The van der Waals surface area contributed by atoms with Gasteiger partial charge >= 0.3 is 5.97 Å². The number of hydrogen-bond acceptors (Lipinski definition) is 6. The number of nitrogens with one attached hydrogen (secondary N) is 1. The molecule has 1 aromatic heterocycles. The number of carboxylic acids is 1. The van der Waals surface area contributed by atoms with Gasteiger partial charge in [0, 0.05) is 37.0 Å². The van der Waals surface area contributed by atoms with Crippen molar-refractivity contribution in [3.63, 3.8) is 0 Å². The second-order valence-electron chi connectivity index (χ2n) is 7.13. The van der Waals surface area contributed by atoms with Gasteiger partial charge in [0.1, 0.15) is 0 Å². The summed E-state index contributed by atoms with van der Waals surface area (Å²) in [6.07, 6.45) is 7.33. The zero-order chi connectivity index (χ0) is 18.2. The van der Waals surface area contributed by atoms with E-state index >= 15 is 0 Å². The first kappa shape index (κ1) is 17.5. The number of nitrogens with zero attached hydrogens (tertiary/aromatic N) is 3. The molecular weight excluding hydrogens is 340 g/mol. The Bertz CT molecular complexity index is 771. The number of thiazole rings is 1. The molecule has 1 fully saturated rings. The molecule has 7 nitrogen and oxygen atoms in total. The minimum atomic E-state index is -0.803. The van der Waals surface area contributed by atoms with Crippen molar-refractivity contribution in [1.82, 2.24) is 4.98 Å². The van der Waals surface area contributed by atoms with Gasteiger partial charge in [-0.1, -0.05) is 13.8 Å². The van der Waals surface area contributed by atoms with Crippen LogP contribution in [0, 0.1) is 23.7 Å². The molecular formula is C17H20N4O3S. The standard InChI is InChI=1S/C17H20N4O3S/c1-4-5-7-17(20-21-17)8-6-11(22)19-15-18-10(9-25-15)12-13(14(23)24)16(12,2)3/h1,9,12-13H,5-8H2,2-3H3,(H,23,24)(H,18,19,22)/t12-,13-/m0/s1. The Morgan fingerprint density at radius 3 is 2.68 bits per heavy atom. The van der Waals surface area contributed by atoms with E-state index in [2.05, 4.69) is 26.4 Å². The number of carboxylic acid groups (broad SMARTS) is 1. The molecule has 25 heavy (non-hydrogen) atoms. The topological polar surface area (TPSA) is 104 Å². The van der Waals surface area contributed by atoms with Gasteiger partial charge in [-0.05, 0) is 5.41 Å². The summed E-state index contributed by atoms with van der Waals surface area (Å²) in [4.78, 5) is 27.8. The van der Waals surface area contributed by atoms with Crippen LogP contribution in [0.3, 0.4) is 0 Å². The Morgan fingerprint density at radius 2 is 2.12 bits per heavy atom. The largest absolute Gasteiger partial charge is 0.481 e. The predicted octanol–water partition coefficient (Wildman–Crippen LogP) is 3.26. The molecule has 3 rings (SSSR count). The van der Waals surface area contributed by atoms with Gasteiger partial charge in [-0.3, -0.25) is 9.59 Å². The fraction of sp³-hybridized carbons (Fsp3) is 0.588. The molecule has 2 heterocycles. The minimum Gasteiger partial charge on any atom is -0.481 e. The molecule has 2 atom stereocenters. The smallest absolute Gasteiger partial charge is 0.307 e. The lowest BCUT2D eigenvalue weighted by molar-refractivity contribution is -0.139. The summed E-state index contributed by atoms with van der Waals surface area (Å²) < 4.78 is 0. The minimum absolute atomic E-state index is 0.108. The lowest BCUT2D eigenvalue weighted by Crippen LogP contribution is -2.17. The van der Waals surface area contributed by atoms with Crippen molar-refractivity contribution in [2.75, 3.05) is 5.32 Å². The van der Waals surface area contributed by atoms with Gasteiger partial charge in [-0.25, -0.2) is 4.98 Å². The van der Waals surface area contributed by atoms with E-state index in [1.54, 1.807) is 0 Å². The second kappa shape index (κ2) is 6.23. The molecule has 8 heteroatoms. The highest BCUT2D eigenvalue weighted by Crippen LogP contribution is 2.64. The number of anilines is 1. The Hall–Kier alpha value is -2.27. The van der Waals surface area contributed by atoms with Crippen LogP contribution in [0.15, 0.2) is 15.6 Å². The van der Waals surface area contributed by atoms with Gasteiger partial charge in [0.15, 0.2) is 10.8 Å². The van der Waals surface area contributed by atoms with Crippen LogP contribution < -0.4 is 5.32 Å². The molecule has 0 unspecified atom stereocenters. The summed E-state index contributed by atoms with van der Waals surface area (Å²) in [7, 11) is 0. The average molecular weight is 360 g/mol. The van der Waals surface area contributed by atoms with Crippen LogP contribution in [0.4, 0.5) is 5.13 Å². The zero-order valence-electron chi connectivity index (χ0n) is 14.2. The number of carbonyl (C=O) groups is 2. The summed E-state index contributed by atoms with van der Waals surface area (Å²) >= 11 is 1.31. The summed E-state index contributed by atoms with van der Waals surface area (Å²) in [5.74, 6) is 1.07. The number of amides is 1. The highest BCUT2D eigenvalue weighted by molar-refractivity contribution is 7.13. The zero-order valence-corrected chi connectivity index (χ0v) is 15.0. The molecule has 0 aromatic carbocycles. The summed E-state index contributed by atoms with van der Waals surface area (Å²) in [5.41, 5.74) is -0.0419. The maximum Gasteiger partial charge on any atom is 0.307 e. The van der Waals surface area contributed by atoms with Crippen LogP contribution >= 0.6 is 11.3 Å².